The molecule has 1 unspecified atom stereocenters. The molecule has 1 saturated carbocycles. The Morgan fingerprint density at radius 3 is 2.67 bits per heavy atom. The smallest absolute Gasteiger partial charge is 0.251 e. The molecule has 0 aromatic carbocycles. The summed E-state index contributed by atoms with van der Waals surface area (Å²) in [6.45, 7) is 0.314. The third-order valence-electron chi connectivity index (χ3n) is 4.14. The number of nitrogens with one attached hydrogen (secondary N) is 1. The highest BCUT2D eigenvalue weighted by Crippen LogP contribution is 2.40. The molecule has 0 aromatic heterocycles. The quantitative estimate of drug-likeness (QED) is 0.656. The summed E-state index contributed by atoms with van der Waals surface area (Å²) in [5.74, 6) is -0.661. The van der Waals surface area contributed by atoms with Crippen molar-refractivity contribution in [3.8, 4) is 0 Å². The first-order valence-electron chi connectivity index (χ1n) is 6.31. The van der Waals surface area contributed by atoms with Gasteiger partial charge in [-0.15, -0.1) is 0 Å². The third-order valence-corrected chi connectivity index (χ3v) is 4.14. The van der Waals surface area contributed by atoms with E-state index in [0.29, 0.717) is 19.4 Å². The molecule has 2 fully saturated rings. The lowest BCUT2D eigenvalue weighted by Crippen LogP contribution is -2.58. The van der Waals surface area contributed by atoms with Crippen LogP contribution in [0.4, 0.5) is 0 Å². The molecule has 0 spiro atoms. The van der Waals surface area contributed by atoms with Crippen molar-refractivity contribution >= 4 is 17.7 Å². The molecule has 1 atom stereocenters. The van der Waals surface area contributed by atoms with Crippen LogP contribution in [0.25, 0.3) is 0 Å². The van der Waals surface area contributed by atoms with Crippen LogP contribution >= 0.6 is 0 Å². The van der Waals surface area contributed by atoms with Gasteiger partial charge in [-0.25, -0.2) is 0 Å². The number of hydrogen-bond donors (Lipinski definition) is 2. The maximum Gasteiger partial charge on any atom is 0.251 e. The number of carbonyl (C=O) groups excluding carboxylic acids is 3. The average molecular weight is 253 g/mol. The lowest BCUT2D eigenvalue weighted by Gasteiger charge is -2.40. The fourth-order valence-electron chi connectivity index (χ4n) is 2.49. The number of nitrogens with zero attached hydrogens (tertiary/aromatic N) is 1. The van der Waals surface area contributed by atoms with Crippen molar-refractivity contribution in [2.75, 3.05) is 13.6 Å². The summed E-state index contributed by atoms with van der Waals surface area (Å²) in [6, 6.07) is -0.579. The van der Waals surface area contributed by atoms with Gasteiger partial charge in [-0.3, -0.25) is 19.3 Å². The van der Waals surface area contributed by atoms with Crippen LogP contribution in [0, 0.1) is 5.41 Å². The van der Waals surface area contributed by atoms with E-state index < -0.39 is 11.5 Å². The second-order valence-electron chi connectivity index (χ2n) is 5.19. The molecule has 0 radical (unpaired) electrons. The van der Waals surface area contributed by atoms with Gasteiger partial charge in [-0.2, -0.15) is 0 Å². The number of hydrogen-bond acceptors (Lipinski definition) is 4. The van der Waals surface area contributed by atoms with Crippen molar-refractivity contribution in [1.29, 1.82) is 0 Å². The minimum atomic E-state index is -0.579. The summed E-state index contributed by atoms with van der Waals surface area (Å²) in [4.78, 5) is 36.4. The molecule has 1 aliphatic heterocycles. The normalized spacial score (nSPS) is 26.8. The van der Waals surface area contributed by atoms with E-state index in [2.05, 4.69) is 5.32 Å². The Morgan fingerprint density at radius 2 is 2.17 bits per heavy atom. The van der Waals surface area contributed by atoms with Crippen LogP contribution in [-0.4, -0.2) is 42.3 Å². The molecule has 2 rings (SSSR count). The molecule has 6 nitrogen and oxygen atoms in total. The summed E-state index contributed by atoms with van der Waals surface area (Å²) < 4.78 is 0. The van der Waals surface area contributed by atoms with E-state index in [1.165, 1.54) is 7.05 Å². The Kier molecular flexibility index (Phi) is 3.38. The molecule has 1 heterocycles. The summed E-state index contributed by atoms with van der Waals surface area (Å²) in [7, 11) is 1.45. The molecule has 1 saturated heterocycles. The summed E-state index contributed by atoms with van der Waals surface area (Å²) in [6.07, 6.45) is 3.24. The molecule has 1 aliphatic carbocycles. The van der Waals surface area contributed by atoms with Crippen molar-refractivity contribution in [2.24, 2.45) is 11.1 Å². The molecular weight excluding hydrogens is 234 g/mol. The van der Waals surface area contributed by atoms with Gasteiger partial charge < -0.3 is 11.1 Å². The number of piperidine rings is 1. The van der Waals surface area contributed by atoms with Crippen LogP contribution in [0.15, 0.2) is 0 Å². The molecule has 2 aliphatic rings. The summed E-state index contributed by atoms with van der Waals surface area (Å²) in [5.41, 5.74) is 5.16. The number of likely N-dealkylation sites (N-methyl/N-ethyl adjacent to an activating group) is 1. The zero-order chi connectivity index (χ0) is 13.3. The number of nitrogens with two attached hydrogens (primary N) is 1. The maximum atomic E-state index is 12.1. The van der Waals surface area contributed by atoms with E-state index >= 15 is 0 Å². The van der Waals surface area contributed by atoms with Crippen LogP contribution in [0.3, 0.4) is 0 Å². The number of likely N-dealkylation sites (tertiary alicyclic amines) is 1. The van der Waals surface area contributed by atoms with E-state index in [9.17, 15) is 14.4 Å². The van der Waals surface area contributed by atoms with Crippen molar-refractivity contribution in [3.63, 3.8) is 0 Å². The molecule has 0 bridgehead atoms. The maximum absolute atomic E-state index is 12.1. The van der Waals surface area contributed by atoms with Gasteiger partial charge in [0.15, 0.2) is 0 Å². The van der Waals surface area contributed by atoms with Gasteiger partial charge in [0.25, 0.3) is 5.91 Å². The van der Waals surface area contributed by atoms with Gasteiger partial charge in [-0.1, -0.05) is 6.42 Å². The van der Waals surface area contributed by atoms with E-state index in [1.807, 2.05) is 0 Å². The van der Waals surface area contributed by atoms with Gasteiger partial charge >= 0.3 is 0 Å². The van der Waals surface area contributed by atoms with Crippen molar-refractivity contribution < 1.29 is 14.4 Å². The lowest BCUT2D eigenvalue weighted by atomic mass is 9.68. The van der Waals surface area contributed by atoms with E-state index in [0.717, 1.165) is 24.2 Å². The second kappa shape index (κ2) is 4.68. The topological polar surface area (TPSA) is 92.5 Å². The van der Waals surface area contributed by atoms with Gasteiger partial charge in [-0.05, 0) is 19.3 Å². The first-order chi connectivity index (χ1) is 8.50. The zero-order valence-corrected chi connectivity index (χ0v) is 10.6. The Balaban J connectivity index is 1.99. The average Bonchev–Trinajstić information content (AvgIpc) is 2.29. The van der Waals surface area contributed by atoms with Crippen LogP contribution in [0.1, 0.15) is 32.1 Å². The largest absolute Gasteiger partial charge is 0.344 e. The Hall–Kier alpha value is -1.43. The lowest BCUT2D eigenvalue weighted by molar-refractivity contribution is -0.151. The van der Waals surface area contributed by atoms with Gasteiger partial charge in [0.2, 0.25) is 11.8 Å². The fraction of sp³-hybridized carbons (Fsp3) is 0.750. The highest BCUT2D eigenvalue weighted by Gasteiger charge is 2.44. The van der Waals surface area contributed by atoms with Gasteiger partial charge in [0.1, 0.15) is 6.04 Å². The van der Waals surface area contributed by atoms with E-state index in [1.54, 1.807) is 0 Å². The van der Waals surface area contributed by atoms with E-state index in [-0.39, 0.29) is 17.7 Å². The highest BCUT2D eigenvalue weighted by atomic mass is 16.2. The van der Waals surface area contributed by atoms with Crippen molar-refractivity contribution in [3.05, 3.63) is 0 Å². The second-order valence-corrected chi connectivity index (χ2v) is 5.19. The van der Waals surface area contributed by atoms with Crippen LogP contribution in [-0.2, 0) is 14.4 Å². The number of rotatable bonds is 3. The predicted octanol–water partition coefficient (Wildman–Crippen LogP) is -0.621. The molecule has 18 heavy (non-hydrogen) atoms. The minimum absolute atomic E-state index is 0.141. The molecule has 0 aromatic rings. The monoisotopic (exact) mass is 253 g/mol. The first kappa shape index (κ1) is 13.0. The Bertz CT molecular complexity index is 385. The van der Waals surface area contributed by atoms with Crippen LogP contribution in [0.5, 0.6) is 0 Å². The summed E-state index contributed by atoms with van der Waals surface area (Å²) in [5, 5.41) is 2.75. The zero-order valence-electron chi connectivity index (χ0n) is 10.6. The van der Waals surface area contributed by atoms with Crippen molar-refractivity contribution in [2.45, 2.75) is 38.1 Å². The predicted molar refractivity (Wildman–Crippen MR) is 64.3 cm³/mol. The molecule has 100 valence electrons. The molecule has 3 amide bonds. The van der Waals surface area contributed by atoms with E-state index in [4.69, 9.17) is 5.73 Å². The number of carbonyl (C=O) groups is 3. The fourth-order valence-corrected chi connectivity index (χ4v) is 2.49. The van der Waals surface area contributed by atoms with Gasteiger partial charge in [0.05, 0.1) is 5.41 Å². The minimum Gasteiger partial charge on any atom is -0.344 e. The van der Waals surface area contributed by atoms with Gasteiger partial charge in [0, 0.05) is 20.0 Å². The molecule has 3 N–H and O–H groups in total. The number of amides is 3. The SMILES string of the molecule is CN1C(=O)CCC(NC(=O)C2(CN)CCC2)C1=O. The third kappa shape index (κ3) is 2.01. The molecular formula is C12H19N3O3. The summed E-state index contributed by atoms with van der Waals surface area (Å²) >= 11 is 0. The number of imide groups is 1. The van der Waals surface area contributed by atoms with Crippen LogP contribution < -0.4 is 11.1 Å². The first-order valence-corrected chi connectivity index (χ1v) is 6.31. The Morgan fingerprint density at radius 1 is 1.50 bits per heavy atom. The Labute approximate surface area is 106 Å². The van der Waals surface area contributed by atoms with Crippen LogP contribution in [0.2, 0.25) is 0 Å². The van der Waals surface area contributed by atoms with Crippen molar-refractivity contribution in [1.82, 2.24) is 10.2 Å². The molecule has 6 heteroatoms. The standard InChI is InChI=1S/C12H19N3O3/c1-15-9(16)4-3-8(10(15)17)14-11(18)12(7-13)5-2-6-12/h8H,2-7,13H2,1H3,(H,14,18). The highest BCUT2D eigenvalue weighted by molar-refractivity contribution is 6.01.